The number of hydrazone groups is 1. The predicted octanol–water partition coefficient (Wildman–Crippen LogP) is 3.76. The number of halogens is 1. The lowest BCUT2D eigenvalue weighted by Crippen LogP contribution is -2.10. The maximum atomic E-state index is 11.4. The Morgan fingerprint density at radius 3 is 2.73 bits per heavy atom. The monoisotopic (exact) mass is 368 g/mol. The fourth-order valence-electron chi connectivity index (χ4n) is 2.23. The highest BCUT2D eigenvalue weighted by Gasteiger charge is 2.00. The van der Waals surface area contributed by atoms with Crippen molar-refractivity contribution in [3.05, 3.63) is 86.8 Å². The molecule has 0 atom stereocenters. The number of aromatic nitrogens is 2. The first-order valence-electron chi connectivity index (χ1n) is 7.93. The molecule has 1 heterocycles. The lowest BCUT2D eigenvalue weighted by atomic mass is 10.2. The number of anilines is 1. The third kappa shape index (κ3) is 4.94. The third-order valence-electron chi connectivity index (χ3n) is 3.49. The zero-order chi connectivity index (χ0) is 18.4. The number of nitrogens with zero attached hydrogens (tertiary/aromatic N) is 2. The number of hydrogen-bond donors (Lipinski definition) is 2. The molecule has 1 aromatic heterocycles. The zero-order valence-corrected chi connectivity index (χ0v) is 14.8. The first-order chi connectivity index (χ1) is 12.6. The van der Waals surface area contributed by atoms with Gasteiger partial charge in [0.15, 0.2) is 0 Å². The van der Waals surface area contributed by atoms with Crippen LogP contribution in [-0.4, -0.2) is 16.2 Å². The van der Waals surface area contributed by atoms with E-state index in [9.17, 15) is 4.79 Å². The Morgan fingerprint density at radius 1 is 1.23 bits per heavy atom. The number of aromatic amines is 1. The molecule has 0 fully saturated rings. The standard InChI is InChI=1S/C19H17ClN4O2/c1-13-10-18(25)23-19(22-13)24-21-11-14-6-8-16(9-7-14)26-12-15-4-2-3-5-17(15)20/h2-11H,12H2,1H3,(H2,22,23,24,25)/b21-11+. The zero-order valence-electron chi connectivity index (χ0n) is 14.1. The maximum Gasteiger partial charge on any atom is 0.252 e. The normalized spacial score (nSPS) is 10.8. The Balaban J connectivity index is 1.57. The van der Waals surface area contributed by atoms with Crippen molar-refractivity contribution in [1.29, 1.82) is 0 Å². The van der Waals surface area contributed by atoms with Crippen molar-refractivity contribution in [2.24, 2.45) is 5.10 Å². The van der Waals surface area contributed by atoms with E-state index >= 15 is 0 Å². The van der Waals surface area contributed by atoms with Gasteiger partial charge in [-0.1, -0.05) is 29.8 Å². The van der Waals surface area contributed by atoms with Crippen LogP contribution in [-0.2, 0) is 6.61 Å². The number of ether oxygens (including phenoxy) is 1. The quantitative estimate of drug-likeness (QED) is 0.513. The molecule has 0 aliphatic carbocycles. The van der Waals surface area contributed by atoms with E-state index in [-0.39, 0.29) is 5.56 Å². The molecular formula is C19H17ClN4O2. The summed E-state index contributed by atoms with van der Waals surface area (Å²) in [5.74, 6) is 1.03. The van der Waals surface area contributed by atoms with E-state index in [2.05, 4.69) is 20.5 Å². The highest BCUT2D eigenvalue weighted by molar-refractivity contribution is 6.31. The molecule has 0 radical (unpaired) electrons. The predicted molar refractivity (Wildman–Crippen MR) is 103 cm³/mol. The largest absolute Gasteiger partial charge is 0.489 e. The van der Waals surface area contributed by atoms with Gasteiger partial charge in [-0.25, -0.2) is 10.4 Å². The fraction of sp³-hybridized carbons (Fsp3) is 0.105. The van der Waals surface area contributed by atoms with E-state index in [1.54, 1.807) is 13.1 Å². The lowest BCUT2D eigenvalue weighted by molar-refractivity contribution is 0.306. The summed E-state index contributed by atoms with van der Waals surface area (Å²) in [6.07, 6.45) is 1.63. The van der Waals surface area contributed by atoms with Crippen LogP contribution in [0.25, 0.3) is 0 Å². The van der Waals surface area contributed by atoms with Crippen LogP contribution >= 0.6 is 11.6 Å². The van der Waals surface area contributed by atoms with Crippen LogP contribution in [0.1, 0.15) is 16.8 Å². The molecule has 0 amide bonds. The van der Waals surface area contributed by atoms with Gasteiger partial charge in [0.2, 0.25) is 5.95 Å². The Hall–Kier alpha value is -3.12. The molecule has 6 nitrogen and oxygen atoms in total. The third-order valence-corrected chi connectivity index (χ3v) is 3.85. The Labute approximate surface area is 155 Å². The van der Waals surface area contributed by atoms with Gasteiger partial charge in [0.25, 0.3) is 5.56 Å². The first kappa shape index (κ1) is 17.7. The molecule has 0 bridgehead atoms. The van der Waals surface area contributed by atoms with E-state index in [0.29, 0.717) is 23.3 Å². The van der Waals surface area contributed by atoms with Gasteiger partial charge in [0.1, 0.15) is 12.4 Å². The van der Waals surface area contributed by atoms with Crippen LogP contribution < -0.4 is 15.7 Å². The van der Waals surface area contributed by atoms with Gasteiger partial charge < -0.3 is 4.74 Å². The SMILES string of the molecule is Cc1cc(=O)[nH]c(N/N=C/c2ccc(OCc3ccccc3Cl)cc2)n1. The minimum absolute atomic E-state index is 0.227. The van der Waals surface area contributed by atoms with Gasteiger partial charge in [0, 0.05) is 22.3 Å². The average molecular weight is 369 g/mol. The number of hydrogen-bond acceptors (Lipinski definition) is 5. The number of rotatable bonds is 6. The Morgan fingerprint density at radius 2 is 2.00 bits per heavy atom. The van der Waals surface area contributed by atoms with Gasteiger partial charge in [0.05, 0.1) is 6.21 Å². The second kappa shape index (κ2) is 8.31. The Kier molecular flexibility index (Phi) is 5.66. The molecule has 0 saturated carbocycles. The van der Waals surface area contributed by atoms with Gasteiger partial charge in [-0.3, -0.25) is 9.78 Å². The first-order valence-corrected chi connectivity index (χ1v) is 8.31. The second-order valence-electron chi connectivity index (χ2n) is 5.55. The second-order valence-corrected chi connectivity index (χ2v) is 5.96. The number of H-pyrrole nitrogens is 1. The summed E-state index contributed by atoms with van der Waals surface area (Å²) in [6, 6.07) is 16.4. The summed E-state index contributed by atoms with van der Waals surface area (Å²) in [5, 5.41) is 4.75. The lowest BCUT2D eigenvalue weighted by Gasteiger charge is -2.07. The summed E-state index contributed by atoms with van der Waals surface area (Å²) >= 11 is 6.11. The maximum absolute atomic E-state index is 11.4. The van der Waals surface area contributed by atoms with E-state index in [1.807, 2.05) is 48.5 Å². The molecular weight excluding hydrogens is 352 g/mol. The van der Waals surface area contributed by atoms with Crippen molar-refractivity contribution < 1.29 is 4.74 Å². The molecule has 2 aromatic carbocycles. The van der Waals surface area contributed by atoms with Crippen molar-refractivity contribution in [3.8, 4) is 5.75 Å². The minimum Gasteiger partial charge on any atom is -0.489 e. The van der Waals surface area contributed by atoms with Crippen molar-refractivity contribution in [2.45, 2.75) is 13.5 Å². The molecule has 3 aromatic rings. The van der Waals surface area contributed by atoms with Gasteiger partial charge in [-0.05, 0) is 42.8 Å². The van der Waals surface area contributed by atoms with Gasteiger partial charge >= 0.3 is 0 Å². The van der Waals surface area contributed by atoms with Crippen LogP contribution in [0.3, 0.4) is 0 Å². The molecule has 0 spiro atoms. The average Bonchev–Trinajstić information content (AvgIpc) is 2.61. The molecule has 0 saturated heterocycles. The summed E-state index contributed by atoms with van der Waals surface area (Å²) in [7, 11) is 0. The molecule has 7 heteroatoms. The van der Waals surface area contributed by atoms with Crippen molar-refractivity contribution in [1.82, 2.24) is 9.97 Å². The van der Waals surface area contributed by atoms with Gasteiger partial charge in [-0.15, -0.1) is 0 Å². The van der Waals surface area contributed by atoms with Crippen molar-refractivity contribution in [3.63, 3.8) is 0 Å². The number of benzene rings is 2. The molecule has 26 heavy (non-hydrogen) atoms. The van der Waals surface area contributed by atoms with Gasteiger partial charge in [-0.2, -0.15) is 5.10 Å². The highest BCUT2D eigenvalue weighted by Crippen LogP contribution is 2.18. The van der Waals surface area contributed by atoms with E-state index in [4.69, 9.17) is 16.3 Å². The topological polar surface area (TPSA) is 79.4 Å². The summed E-state index contributed by atoms with van der Waals surface area (Å²) in [4.78, 5) is 18.0. The minimum atomic E-state index is -0.227. The molecule has 0 unspecified atom stereocenters. The van der Waals surface area contributed by atoms with E-state index < -0.39 is 0 Å². The van der Waals surface area contributed by atoms with Crippen LogP contribution in [0.5, 0.6) is 5.75 Å². The number of nitrogens with one attached hydrogen (secondary N) is 2. The molecule has 3 rings (SSSR count). The smallest absolute Gasteiger partial charge is 0.252 e. The van der Waals surface area contributed by atoms with Crippen LogP contribution in [0.4, 0.5) is 5.95 Å². The molecule has 132 valence electrons. The molecule has 2 N–H and O–H groups in total. The molecule has 0 aliphatic heterocycles. The highest BCUT2D eigenvalue weighted by atomic mass is 35.5. The summed E-state index contributed by atoms with van der Waals surface area (Å²) < 4.78 is 5.73. The van der Waals surface area contributed by atoms with Crippen molar-refractivity contribution >= 4 is 23.8 Å². The van der Waals surface area contributed by atoms with Crippen LogP contribution in [0, 0.1) is 6.92 Å². The van der Waals surface area contributed by atoms with Crippen LogP contribution in [0.2, 0.25) is 5.02 Å². The summed E-state index contributed by atoms with van der Waals surface area (Å²) in [6.45, 7) is 2.15. The summed E-state index contributed by atoms with van der Waals surface area (Å²) in [5.41, 5.74) is 4.90. The van der Waals surface area contributed by atoms with E-state index in [0.717, 1.165) is 16.9 Å². The van der Waals surface area contributed by atoms with E-state index in [1.165, 1.54) is 6.07 Å². The van der Waals surface area contributed by atoms with Crippen molar-refractivity contribution in [2.75, 3.05) is 5.43 Å². The Bertz CT molecular complexity index is 968. The number of aryl methyl sites for hydroxylation is 1. The fourth-order valence-corrected chi connectivity index (χ4v) is 2.42. The van der Waals surface area contributed by atoms with Crippen LogP contribution in [0.15, 0.2) is 64.5 Å². The molecule has 0 aliphatic rings.